The minimum atomic E-state index is -0.386. The van der Waals surface area contributed by atoms with Crippen molar-refractivity contribution in [1.82, 2.24) is 14.4 Å². The topological polar surface area (TPSA) is 56.5 Å². The van der Waals surface area contributed by atoms with E-state index in [-0.39, 0.29) is 5.97 Å². The third kappa shape index (κ3) is 3.03. The molecule has 0 radical (unpaired) electrons. The second-order valence-electron chi connectivity index (χ2n) is 2.80. The van der Waals surface area contributed by atoms with Crippen molar-refractivity contribution in [3.8, 4) is 0 Å². The van der Waals surface area contributed by atoms with E-state index in [1.807, 2.05) is 13.8 Å². The number of halogens is 1. The smallest absolute Gasteiger partial charge is 0.356 e. The van der Waals surface area contributed by atoms with Gasteiger partial charge in [-0.1, -0.05) is 13.8 Å². The number of esters is 1. The lowest BCUT2D eigenvalue weighted by atomic mass is 10.5. The molecule has 0 fully saturated rings. The Bertz CT molecular complexity index is 510. The first-order valence-electron chi connectivity index (χ1n) is 5.38. The van der Waals surface area contributed by atoms with E-state index in [1.165, 1.54) is 6.20 Å². The maximum absolute atomic E-state index is 11.5. The number of carbonyl (C=O) groups is 1. The Kier molecular flexibility index (Phi) is 5.09. The molecule has 0 aliphatic heterocycles. The molecule has 0 amide bonds. The molecule has 0 N–H and O–H groups in total. The van der Waals surface area contributed by atoms with Crippen LogP contribution in [0.1, 0.15) is 31.3 Å². The summed E-state index contributed by atoms with van der Waals surface area (Å²) in [6.45, 7) is 6.11. The molecule has 0 aliphatic rings. The number of aromatic nitrogens is 3. The zero-order valence-corrected chi connectivity index (χ0v) is 11.6. The van der Waals surface area contributed by atoms with Gasteiger partial charge >= 0.3 is 5.97 Å². The van der Waals surface area contributed by atoms with Crippen LogP contribution in [0.5, 0.6) is 0 Å². The monoisotopic (exact) mass is 299 g/mol. The van der Waals surface area contributed by atoms with Crippen LogP contribution in [0.3, 0.4) is 0 Å². The molecule has 0 bridgehead atoms. The number of fused-ring (bicyclic) bond motifs is 1. The van der Waals surface area contributed by atoms with Crippen LogP contribution in [0.2, 0.25) is 0 Å². The molecule has 5 nitrogen and oxygen atoms in total. The molecule has 0 aliphatic carbocycles. The van der Waals surface area contributed by atoms with Crippen molar-refractivity contribution >= 4 is 27.5 Å². The lowest BCUT2D eigenvalue weighted by Crippen LogP contribution is -2.07. The van der Waals surface area contributed by atoms with Crippen molar-refractivity contribution in [1.29, 1.82) is 0 Å². The molecule has 6 heteroatoms. The normalized spacial score (nSPS) is 9.65. The quantitative estimate of drug-likeness (QED) is 0.800. The van der Waals surface area contributed by atoms with E-state index in [0.717, 1.165) is 0 Å². The summed E-state index contributed by atoms with van der Waals surface area (Å²) in [7, 11) is 0. The summed E-state index contributed by atoms with van der Waals surface area (Å²) in [6.07, 6.45) is 4.73. The van der Waals surface area contributed by atoms with Gasteiger partial charge in [-0.25, -0.2) is 14.8 Å². The maximum Gasteiger partial charge on any atom is 0.356 e. The molecule has 0 unspecified atom stereocenters. The van der Waals surface area contributed by atoms with Crippen LogP contribution < -0.4 is 0 Å². The highest BCUT2D eigenvalue weighted by atomic mass is 79.9. The molecule has 2 heterocycles. The summed E-state index contributed by atoms with van der Waals surface area (Å²) in [5.41, 5.74) is 1.01. The molecule has 0 aromatic carbocycles. The van der Waals surface area contributed by atoms with Crippen molar-refractivity contribution in [3.05, 3.63) is 28.9 Å². The Morgan fingerprint density at radius 3 is 2.76 bits per heavy atom. The predicted molar refractivity (Wildman–Crippen MR) is 68.0 cm³/mol. The van der Waals surface area contributed by atoms with E-state index in [2.05, 4.69) is 25.9 Å². The fraction of sp³-hybridized carbons (Fsp3) is 0.364. The summed E-state index contributed by atoms with van der Waals surface area (Å²) < 4.78 is 7.17. The second kappa shape index (κ2) is 6.34. The Morgan fingerprint density at radius 1 is 1.41 bits per heavy atom. The SMILES string of the molecule is CC.CCOC(=O)c1cnc2cnc(Br)cn12. The zero-order chi connectivity index (χ0) is 12.8. The number of imidazole rings is 1. The predicted octanol–water partition coefficient (Wildman–Crippen LogP) is 2.69. The lowest BCUT2D eigenvalue weighted by Gasteiger charge is -2.01. The summed E-state index contributed by atoms with van der Waals surface area (Å²) in [5, 5.41) is 0. The fourth-order valence-corrected chi connectivity index (χ4v) is 1.53. The first-order valence-corrected chi connectivity index (χ1v) is 6.17. The van der Waals surface area contributed by atoms with Gasteiger partial charge in [-0.15, -0.1) is 0 Å². The van der Waals surface area contributed by atoms with Gasteiger partial charge in [0.05, 0.1) is 19.0 Å². The molecule has 0 spiro atoms. The highest BCUT2D eigenvalue weighted by Crippen LogP contribution is 2.11. The largest absolute Gasteiger partial charge is 0.461 e. The molecule has 0 saturated heterocycles. The van der Waals surface area contributed by atoms with Crippen LogP contribution in [-0.2, 0) is 4.74 Å². The molecular weight excluding hydrogens is 286 g/mol. The van der Waals surface area contributed by atoms with Gasteiger partial charge in [0.2, 0.25) is 0 Å². The average Bonchev–Trinajstić information content (AvgIpc) is 2.75. The van der Waals surface area contributed by atoms with Crippen molar-refractivity contribution in [2.24, 2.45) is 0 Å². The van der Waals surface area contributed by atoms with Crippen molar-refractivity contribution < 1.29 is 9.53 Å². The Morgan fingerprint density at radius 2 is 2.12 bits per heavy atom. The molecule has 0 atom stereocenters. The van der Waals surface area contributed by atoms with Crippen molar-refractivity contribution in [3.63, 3.8) is 0 Å². The van der Waals surface area contributed by atoms with Gasteiger partial charge in [0, 0.05) is 6.20 Å². The van der Waals surface area contributed by atoms with Gasteiger partial charge < -0.3 is 4.74 Å². The standard InChI is InChI=1S/C9H8BrN3O2.C2H6/c1-2-15-9(14)6-3-12-8-4-11-7(10)5-13(6)8;1-2/h3-5H,2H2,1H3;1-2H3. The highest BCUT2D eigenvalue weighted by molar-refractivity contribution is 9.10. The van der Waals surface area contributed by atoms with E-state index in [1.54, 1.807) is 23.7 Å². The van der Waals surface area contributed by atoms with Gasteiger partial charge in [0.1, 0.15) is 4.60 Å². The summed E-state index contributed by atoms with van der Waals surface area (Å²) >= 11 is 3.23. The summed E-state index contributed by atoms with van der Waals surface area (Å²) in [4.78, 5) is 19.6. The van der Waals surface area contributed by atoms with Crippen LogP contribution in [0.4, 0.5) is 0 Å². The molecule has 92 valence electrons. The third-order valence-electron chi connectivity index (χ3n) is 1.85. The second-order valence-corrected chi connectivity index (χ2v) is 3.61. The minimum absolute atomic E-state index is 0.346. The zero-order valence-electron chi connectivity index (χ0n) is 9.98. The Labute approximate surface area is 108 Å². The van der Waals surface area contributed by atoms with Crippen LogP contribution >= 0.6 is 15.9 Å². The number of hydrogen-bond donors (Lipinski definition) is 0. The van der Waals surface area contributed by atoms with Gasteiger partial charge in [-0.2, -0.15) is 0 Å². The lowest BCUT2D eigenvalue weighted by molar-refractivity contribution is 0.0518. The van der Waals surface area contributed by atoms with Gasteiger partial charge in [0.15, 0.2) is 11.3 Å². The number of carbonyl (C=O) groups excluding carboxylic acids is 1. The maximum atomic E-state index is 11.5. The van der Waals surface area contributed by atoms with Crippen LogP contribution in [0.25, 0.3) is 5.65 Å². The van der Waals surface area contributed by atoms with Crippen LogP contribution in [0, 0.1) is 0 Å². The number of ether oxygens (including phenoxy) is 1. The number of rotatable bonds is 2. The number of nitrogens with zero attached hydrogens (tertiary/aromatic N) is 3. The third-order valence-corrected chi connectivity index (χ3v) is 2.26. The summed E-state index contributed by atoms with van der Waals surface area (Å²) in [6, 6.07) is 0. The molecule has 0 saturated carbocycles. The highest BCUT2D eigenvalue weighted by Gasteiger charge is 2.12. The first-order chi connectivity index (χ1) is 8.22. The van der Waals surface area contributed by atoms with Crippen molar-refractivity contribution in [2.75, 3.05) is 6.61 Å². The Hall–Kier alpha value is -1.43. The fourth-order valence-electron chi connectivity index (χ4n) is 1.22. The van der Waals surface area contributed by atoms with E-state index >= 15 is 0 Å². The van der Waals surface area contributed by atoms with E-state index < -0.39 is 0 Å². The van der Waals surface area contributed by atoms with Crippen LogP contribution in [0.15, 0.2) is 23.2 Å². The summed E-state index contributed by atoms with van der Waals surface area (Å²) in [5.74, 6) is -0.386. The average molecular weight is 300 g/mol. The van der Waals surface area contributed by atoms with E-state index in [0.29, 0.717) is 22.6 Å². The van der Waals surface area contributed by atoms with Gasteiger partial charge in [-0.05, 0) is 22.9 Å². The molecule has 17 heavy (non-hydrogen) atoms. The van der Waals surface area contributed by atoms with Gasteiger partial charge in [0.25, 0.3) is 0 Å². The molecule has 2 aromatic rings. The van der Waals surface area contributed by atoms with E-state index in [9.17, 15) is 4.79 Å². The first kappa shape index (κ1) is 13.6. The molecular formula is C11H14BrN3O2. The van der Waals surface area contributed by atoms with Crippen molar-refractivity contribution in [2.45, 2.75) is 20.8 Å². The Balaban J connectivity index is 0.000000686. The number of hydrogen-bond acceptors (Lipinski definition) is 4. The van der Waals surface area contributed by atoms with Gasteiger partial charge in [-0.3, -0.25) is 4.40 Å². The molecule has 2 rings (SSSR count). The van der Waals surface area contributed by atoms with E-state index in [4.69, 9.17) is 4.74 Å². The van der Waals surface area contributed by atoms with Crippen LogP contribution in [-0.4, -0.2) is 26.9 Å². The molecule has 2 aromatic heterocycles. The minimum Gasteiger partial charge on any atom is -0.461 e.